The number of carbonyl (C=O) groups is 3. The second-order valence-corrected chi connectivity index (χ2v) is 10.6. The van der Waals surface area contributed by atoms with Crippen LogP contribution in [0.3, 0.4) is 0 Å². The van der Waals surface area contributed by atoms with Crippen molar-refractivity contribution in [2.24, 2.45) is 0 Å². The molecular weight excluding hydrogens is 484 g/mol. The number of amides is 3. The van der Waals surface area contributed by atoms with Crippen molar-refractivity contribution in [1.29, 1.82) is 5.26 Å². The molecule has 9 nitrogen and oxygen atoms in total. The molecular formula is C29H34N4O5. The number of nitrogens with zero attached hydrogens (tertiary/aromatic N) is 2. The van der Waals surface area contributed by atoms with Gasteiger partial charge >= 0.3 is 6.09 Å². The van der Waals surface area contributed by atoms with Gasteiger partial charge in [0.05, 0.1) is 12.6 Å². The first-order valence-electron chi connectivity index (χ1n) is 12.9. The SMILES string of the molecule is CC(C)(C)OC(=O)N1CCCO[C@H](C(=O)N[C@H](C#N)Cc2ccc(-c3ccc4c(c3)CCNC4=O)cc2)C1. The van der Waals surface area contributed by atoms with Crippen LogP contribution in [-0.2, 0) is 27.1 Å². The summed E-state index contributed by atoms with van der Waals surface area (Å²) < 4.78 is 11.1. The lowest BCUT2D eigenvalue weighted by atomic mass is 9.94. The minimum Gasteiger partial charge on any atom is -0.444 e. The van der Waals surface area contributed by atoms with E-state index < -0.39 is 29.7 Å². The van der Waals surface area contributed by atoms with Gasteiger partial charge in [-0.3, -0.25) is 9.59 Å². The van der Waals surface area contributed by atoms with Crippen LogP contribution in [-0.4, -0.2) is 66.8 Å². The Morgan fingerprint density at radius 3 is 2.66 bits per heavy atom. The average molecular weight is 519 g/mol. The molecule has 0 saturated carbocycles. The first kappa shape index (κ1) is 27.1. The quantitative estimate of drug-likeness (QED) is 0.627. The summed E-state index contributed by atoms with van der Waals surface area (Å²) >= 11 is 0. The molecule has 2 aliphatic rings. The van der Waals surface area contributed by atoms with Gasteiger partial charge < -0.3 is 25.0 Å². The fraction of sp³-hybridized carbons (Fsp3) is 0.448. The maximum absolute atomic E-state index is 12.9. The molecule has 0 radical (unpaired) electrons. The van der Waals surface area contributed by atoms with Crippen molar-refractivity contribution in [3.8, 4) is 17.2 Å². The average Bonchev–Trinajstić information content (AvgIpc) is 3.14. The molecule has 1 fully saturated rings. The molecule has 0 spiro atoms. The molecule has 2 aromatic carbocycles. The molecule has 2 aromatic rings. The van der Waals surface area contributed by atoms with Crippen LogP contribution in [0, 0.1) is 11.3 Å². The summed E-state index contributed by atoms with van der Waals surface area (Å²) in [4.78, 5) is 38.9. The lowest BCUT2D eigenvalue weighted by Gasteiger charge is -2.27. The Bertz CT molecular complexity index is 1230. The van der Waals surface area contributed by atoms with Crippen LogP contribution < -0.4 is 10.6 Å². The van der Waals surface area contributed by atoms with Crippen molar-refractivity contribution in [3.05, 3.63) is 59.2 Å². The summed E-state index contributed by atoms with van der Waals surface area (Å²) in [6.45, 7) is 6.85. The summed E-state index contributed by atoms with van der Waals surface area (Å²) in [7, 11) is 0. The van der Waals surface area contributed by atoms with E-state index in [4.69, 9.17) is 9.47 Å². The Morgan fingerprint density at radius 1 is 1.21 bits per heavy atom. The van der Waals surface area contributed by atoms with Gasteiger partial charge in [0.15, 0.2) is 6.10 Å². The third-order valence-electron chi connectivity index (χ3n) is 6.45. The molecule has 9 heteroatoms. The van der Waals surface area contributed by atoms with Gasteiger partial charge in [-0.2, -0.15) is 5.26 Å². The standard InChI is InChI=1S/C29H34N4O5/c1-29(2,3)38-28(36)33-13-4-14-37-25(18-33)27(35)32-23(17-30)15-19-5-7-20(8-6-19)21-9-10-24-22(16-21)11-12-31-26(24)34/h5-10,16,23,25H,4,11-15,18H2,1-3H3,(H,31,34)(H,32,35)/t23-,25-/m0/s1. The topological polar surface area (TPSA) is 121 Å². The lowest BCUT2D eigenvalue weighted by Crippen LogP contribution is -2.48. The predicted molar refractivity (Wildman–Crippen MR) is 141 cm³/mol. The van der Waals surface area contributed by atoms with Crippen molar-refractivity contribution in [2.75, 3.05) is 26.2 Å². The van der Waals surface area contributed by atoms with E-state index >= 15 is 0 Å². The minimum absolute atomic E-state index is 0.0375. The predicted octanol–water partition coefficient (Wildman–Crippen LogP) is 3.22. The first-order chi connectivity index (χ1) is 18.1. The highest BCUT2D eigenvalue weighted by Gasteiger charge is 2.31. The summed E-state index contributed by atoms with van der Waals surface area (Å²) in [6, 6.07) is 15.1. The minimum atomic E-state index is -0.880. The zero-order valence-electron chi connectivity index (χ0n) is 22.1. The number of carbonyl (C=O) groups excluding carboxylic acids is 3. The van der Waals surface area contributed by atoms with Gasteiger partial charge in [-0.25, -0.2) is 4.79 Å². The molecule has 4 rings (SSSR count). The fourth-order valence-corrected chi connectivity index (χ4v) is 4.55. The second kappa shape index (κ2) is 11.7. The van der Waals surface area contributed by atoms with Crippen LogP contribution in [0.1, 0.15) is 48.7 Å². The van der Waals surface area contributed by atoms with Gasteiger partial charge in [0.2, 0.25) is 0 Å². The van der Waals surface area contributed by atoms with Gasteiger partial charge in [0.1, 0.15) is 11.6 Å². The highest BCUT2D eigenvalue weighted by atomic mass is 16.6. The summed E-state index contributed by atoms with van der Waals surface area (Å²) in [5.41, 5.74) is 4.05. The number of benzene rings is 2. The van der Waals surface area contributed by atoms with Gasteiger partial charge in [-0.1, -0.05) is 36.4 Å². The van der Waals surface area contributed by atoms with Crippen molar-refractivity contribution < 1.29 is 23.9 Å². The highest BCUT2D eigenvalue weighted by molar-refractivity contribution is 5.97. The molecule has 0 unspecified atom stereocenters. The van der Waals surface area contributed by atoms with Crippen LogP contribution in [0.5, 0.6) is 0 Å². The molecule has 0 bridgehead atoms. The molecule has 0 aliphatic carbocycles. The molecule has 1 saturated heterocycles. The zero-order chi connectivity index (χ0) is 27.3. The van der Waals surface area contributed by atoms with E-state index in [1.807, 2.05) is 36.4 Å². The number of rotatable bonds is 5. The zero-order valence-corrected chi connectivity index (χ0v) is 22.1. The number of hydrogen-bond donors (Lipinski definition) is 2. The summed E-state index contributed by atoms with van der Waals surface area (Å²) in [5, 5.41) is 15.3. The molecule has 2 N–H and O–H groups in total. The normalized spacial score (nSPS) is 18.3. The van der Waals surface area contributed by atoms with E-state index in [-0.39, 0.29) is 12.5 Å². The van der Waals surface area contributed by atoms with Crippen LogP contribution >= 0.6 is 0 Å². The number of hydrogen-bond acceptors (Lipinski definition) is 6. The Hall–Kier alpha value is -3.90. The maximum atomic E-state index is 12.9. The van der Waals surface area contributed by atoms with Gasteiger partial charge in [0, 0.05) is 31.7 Å². The Morgan fingerprint density at radius 2 is 1.95 bits per heavy atom. The van der Waals surface area contributed by atoms with Crippen LogP contribution in [0.4, 0.5) is 4.79 Å². The number of ether oxygens (including phenoxy) is 2. The Labute approximate surface area is 223 Å². The third kappa shape index (κ3) is 6.90. The van der Waals surface area contributed by atoms with E-state index in [2.05, 4.69) is 22.8 Å². The summed E-state index contributed by atoms with van der Waals surface area (Å²) in [5.74, 6) is -0.466. The molecule has 2 heterocycles. The molecule has 2 aliphatic heterocycles. The lowest BCUT2D eigenvalue weighted by molar-refractivity contribution is -0.133. The van der Waals surface area contributed by atoms with E-state index in [0.29, 0.717) is 32.5 Å². The van der Waals surface area contributed by atoms with E-state index in [0.717, 1.165) is 34.2 Å². The van der Waals surface area contributed by atoms with Gasteiger partial charge in [-0.15, -0.1) is 0 Å². The second-order valence-electron chi connectivity index (χ2n) is 10.6. The maximum Gasteiger partial charge on any atom is 0.410 e. The first-order valence-corrected chi connectivity index (χ1v) is 12.9. The van der Waals surface area contributed by atoms with Crippen molar-refractivity contribution in [2.45, 2.75) is 57.8 Å². The van der Waals surface area contributed by atoms with Gasteiger partial charge in [-0.05, 0) is 61.9 Å². The van der Waals surface area contributed by atoms with E-state index in [1.54, 1.807) is 20.8 Å². The molecule has 200 valence electrons. The number of fused-ring (bicyclic) bond motifs is 1. The molecule has 3 amide bonds. The fourth-order valence-electron chi connectivity index (χ4n) is 4.55. The van der Waals surface area contributed by atoms with Crippen LogP contribution in [0.25, 0.3) is 11.1 Å². The third-order valence-corrected chi connectivity index (χ3v) is 6.45. The molecule has 2 atom stereocenters. The van der Waals surface area contributed by atoms with E-state index in [1.165, 1.54) is 4.90 Å². The van der Waals surface area contributed by atoms with Crippen molar-refractivity contribution >= 4 is 17.9 Å². The van der Waals surface area contributed by atoms with E-state index in [9.17, 15) is 19.6 Å². The van der Waals surface area contributed by atoms with Crippen molar-refractivity contribution in [3.63, 3.8) is 0 Å². The van der Waals surface area contributed by atoms with Crippen molar-refractivity contribution in [1.82, 2.24) is 15.5 Å². The Kier molecular flexibility index (Phi) is 8.32. The molecule has 38 heavy (non-hydrogen) atoms. The monoisotopic (exact) mass is 518 g/mol. The highest BCUT2D eigenvalue weighted by Crippen LogP contribution is 2.25. The summed E-state index contributed by atoms with van der Waals surface area (Å²) in [6.07, 6.45) is 0.356. The largest absolute Gasteiger partial charge is 0.444 e. The van der Waals surface area contributed by atoms with Crippen LogP contribution in [0.15, 0.2) is 42.5 Å². The number of nitriles is 1. The molecule has 0 aromatic heterocycles. The van der Waals surface area contributed by atoms with Crippen LogP contribution in [0.2, 0.25) is 0 Å². The Balaban J connectivity index is 1.37. The van der Waals surface area contributed by atoms with Gasteiger partial charge in [0.25, 0.3) is 11.8 Å². The smallest absolute Gasteiger partial charge is 0.410 e. The number of nitrogens with one attached hydrogen (secondary N) is 2.